The van der Waals surface area contributed by atoms with Crippen molar-refractivity contribution in [3.8, 4) is 0 Å². The van der Waals surface area contributed by atoms with Crippen molar-refractivity contribution in [3.63, 3.8) is 0 Å². The zero-order chi connectivity index (χ0) is 12.5. The Labute approximate surface area is 108 Å². The van der Waals surface area contributed by atoms with Crippen molar-refractivity contribution in [2.45, 2.75) is 25.3 Å². The summed E-state index contributed by atoms with van der Waals surface area (Å²) in [7, 11) is 1.74. The predicted octanol–water partition coefficient (Wildman–Crippen LogP) is 2.42. The standard InChI is InChI=1S/C13H22N2OS/c1-11-9-12(2)15-13(10-11)17-8-6-14-5-4-7-16-3/h9-10,14H,4-8H2,1-3H3. The van der Waals surface area contributed by atoms with Crippen LogP contribution < -0.4 is 5.32 Å². The van der Waals surface area contributed by atoms with E-state index in [1.165, 1.54) is 5.56 Å². The molecule has 0 radical (unpaired) electrons. The van der Waals surface area contributed by atoms with E-state index in [9.17, 15) is 0 Å². The zero-order valence-electron chi connectivity index (χ0n) is 11.0. The first-order valence-corrected chi connectivity index (χ1v) is 6.98. The van der Waals surface area contributed by atoms with Gasteiger partial charge in [-0.2, -0.15) is 0 Å². The van der Waals surface area contributed by atoms with Crippen LogP contribution in [-0.4, -0.2) is 37.5 Å². The number of thioether (sulfide) groups is 1. The normalized spacial score (nSPS) is 10.8. The molecule has 0 aliphatic rings. The van der Waals surface area contributed by atoms with E-state index in [-0.39, 0.29) is 0 Å². The van der Waals surface area contributed by atoms with Gasteiger partial charge >= 0.3 is 0 Å². The van der Waals surface area contributed by atoms with Crippen LogP contribution in [-0.2, 0) is 4.74 Å². The van der Waals surface area contributed by atoms with Gasteiger partial charge in [0.1, 0.15) is 0 Å². The molecule has 17 heavy (non-hydrogen) atoms. The highest BCUT2D eigenvalue weighted by Gasteiger charge is 1.98. The van der Waals surface area contributed by atoms with Gasteiger partial charge in [-0.25, -0.2) is 4.98 Å². The molecule has 0 fully saturated rings. The van der Waals surface area contributed by atoms with E-state index in [1.807, 2.05) is 18.7 Å². The first-order chi connectivity index (χ1) is 8.22. The molecule has 0 aliphatic heterocycles. The summed E-state index contributed by atoms with van der Waals surface area (Å²) in [6, 6.07) is 4.25. The number of aromatic nitrogens is 1. The van der Waals surface area contributed by atoms with Crippen LogP contribution in [0.2, 0.25) is 0 Å². The molecule has 4 heteroatoms. The SMILES string of the molecule is COCCCNCCSc1cc(C)cc(C)n1. The molecule has 1 aromatic heterocycles. The van der Waals surface area contributed by atoms with Crippen molar-refractivity contribution >= 4 is 11.8 Å². The number of aryl methyl sites for hydroxylation is 2. The van der Waals surface area contributed by atoms with Crippen LogP contribution in [0.25, 0.3) is 0 Å². The number of pyridine rings is 1. The molecule has 0 saturated heterocycles. The number of nitrogens with one attached hydrogen (secondary N) is 1. The Balaban J connectivity index is 2.13. The second kappa shape index (κ2) is 8.50. The molecule has 1 aromatic rings. The molecule has 0 spiro atoms. The molecule has 3 nitrogen and oxygen atoms in total. The van der Waals surface area contributed by atoms with Crippen molar-refractivity contribution in [1.82, 2.24) is 10.3 Å². The first kappa shape index (κ1) is 14.5. The summed E-state index contributed by atoms with van der Waals surface area (Å²) < 4.78 is 4.99. The third-order valence-electron chi connectivity index (χ3n) is 2.31. The highest BCUT2D eigenvalue weighted by Crippen LogP contribution is 2.16. The molecular formula is C13H22N2OS. The fraction of sp³-hybridized carbons (Fsp3) is 0.615. The third-order valence-corrected chi connectivity index (χ3v) is 3.22. The molecule has 1 heterocycles. The van der Waals surface area contributed by atoms with Gasteiger partial charge in [0, 0.05) is 31.7 Å². The maximum Gasteiger partial charge on any atom is 0.0966 e. The summed E-state index contributed by atoms with van der Waals surface area (Å²) in [6.45, 7) is 7.03. The van der Waals surface area contributed by atoms with E-state index in [2.05, 4.69) is 29.4 Å². The average molecular weight is 254 g/mol. The van der Waals surface area contributed by atoms with E-state index < -0.39 is 0 Å². The molecule has 1 rings (SSSR count). The number of ether oxygens (including phenoxy) is 1. The van der Waals surface area contributed by atoms with Gasteiger partial charge in [0.15, 0.2) is 0 Å². The minimum absolute atomic E-state index is 0.832. The largest absolute Gasteiger partial charge is 0.385 e. The molecule has 0 saturated carbocycles. The fourth-order valence-corrected chi connectivity index (χ4v) is 2.51. The molecule has 0 unspecified atom stereocenters. The summed E-state index contributed by atoms with van der Waals surface area (Å²) in [4.78, 5) is 4.50. The molecule has 0 aromatic carbocycles. The Bertz CT molecular complexity index is 311. The number of rotatable bonds is 8. The number of nitrogens with zero attached hydrogens (tertiary/aromatic N) is 1. The number of hydrogen-bond acceptors (Lipinski definition) is 4. The van der Waals surface area contributed by atoms with Gasteiger partial charge in [0.2, 0.25) is 0 Å². The van der Waals surface area contributed by atoms with Crippen LogP contribution in [0.15, 0.2) is 17.2 Å². The van der Waals surface area contributed by atoms with Gasteiger partial charge < -0.3 is 10.1 Å². The molecule has 0 atom stereocenters. The molecule has 0 bridgehead atoms. The smallest absolute Gasteiger partial charge is 0.0966 e. The lowest BCUT2D eigenvalue weighted by molar-refractivity contribution is 0.194. The van der Waals surface area contributed by atoms with Crippen LogP contribution in [0.1, 0.15) is 17.7 Å². The van der Waals surface area contributed by atoms with Gasteiger partial charge in [-0.05, 0) is 44.5 Å². The van der Waals surface area contributed by atoms with Crippen molar-refractivity contribution in [3.05, 3.63) is 23.4 Å². The Morgan fingerprint density at radius 1 is 1.29 bits per heavy atom. The Morgan fingerprint density at radius 2 is 2.12 bits per heavy atom. The van der Waals surface area contributed by atoms with Gasteiger partial charge in [-0.1, -0.05) is 0 Å². The maximum absolute atomic E-state index is 4.99. The lowest BCUT2D eigenvalue weighted by Crippen LogP contribution is -2.19. The van der Waals surface area contributed by atoms with Crippen molar-refractivity contribution in [2.24, 2.45) is 0 Å². The van der Waals surface area contributed by atoms with E-state index in [0.717, 1.165) is 42.6 Å². The lowest BCUT2D eigenvalue weighted by atomic mass is 10.3. The van der Waals surface area contributed by atoms with E-state index in [0.29, 0.717) is 0 Å². The van der Waals surface area contributed by atoms with E-state index >= 15 is 0 Å². The Kier molecular flexibility index (Phi) is 7.24. The Hall–Kier alpha value is -0.580. The molecule has 0 amide bonds. The van der Waals surface area contributed by atoms with Gasteiger partial charge in [0.25, 0.3) is 0 Å². The quantitative estimate of drug-likeness (QED) is 0.571. The van der Waals surface area contributed by atoms with E-state index in [4.69, 9.17) is 4.74 Å². The van der Waals surface area contributed by atoms with Gasteiger partial charge in [0.05, 0.1) is 5.03 Å². The molecule has 96 valence electrons. The summed E-state index contributed by atoms with van der Waals surface area (Å²) >= 11 is 1.81. The Morgan fingerprint density at radius 3 is 2.82 bits per heavy atom. The summed E-state index contributed by atoms with van der Waals surface area (Å²) in [5.74, 6) is 1.06. The summed E-state index contributed by atoms with van der Waals surface area (Å²) in [5.41, 5.74) is 2.38. The number of hydrogen-bond donors (Lipinski definition) is 1. The molecule has 1 N–H and O–H groups in total. The minimum atomic E-state index is 0.832. The second-order valence-electron chi connectivity index (χ2n) is 4.07. The first-order valence-electron chi connectivity index (χ1n) is 6.00. The highest BCUT2D eigenvalue weighted by molar-refractivity contribution is 7.99. The average Bonchev–Trinajstić information content (AvgIpc) is 2.26. The topological polar surface area (TPSA) is 34.1 Å². The van der Waals surface area contributed by atoms with Crippen molar-refractivity contribution < 1.29 is 4.74 Å². The van der Waals surface area contributed by atoms with Gasteiger partial charge in [-0.3, -0.25) is 0 Å². The van der Waals surface area contributed by atoms with E-state index in [1.54, 1.807) is 7.11 Å². The number of methoxy groups -OCH3 is 1. The van der Waals surface area contributed by atoms with Gasteiger partial charge in [-0.15, -0.1) is 11.8 Å². The fourth-order valence-electron chi connectivity index (χ4n) is 1.57. The van der Waals surface area contributed by atoms with Crippen molar-refractivity contribution in [2.75, 3.05) is 32.6 Å². The van der Waals surface area contributed by atoms with Crippen molar-refractivity contribution in [1.29, 1.82) is 0 Å². The van der Waals surface area contributed by atoms with Crippen LogP contribution >= 0.6 is 11.8 Å². The highest BCUT2D eigenvalue weighted by atomic mass is 32.2. The lowest BCUT2D eigenvalue weighted by Gasteiger charge is -2.05. The predicted molar refractivity (Wildman–Crippen MR) is 73.8 cm³/mol. The van der Waals surface area contributed by atoms with Crippen LogP contribution in [0.5, 0.6) is 0 Å². The van der Waals surface area contributed by atoms with Crippen LogP contribution in [0, 0.1) is 13.8 Å². The van der Waals surface area contributed by atoms with Crippen LogP contribution in [0.3, 0.4) is 0 Å². The monoisotopic (exact) mass is 254 g/mol. The third kappa shape index (κ3) is 6.66. The molecule has 0 aliphatic carbocycles. The summed E-state index contributed by atoms with van der Waals surface area (Å²) in [6.07, 6.45) is 1.07. The minimum Gasteiger partial charge on any atom is -0.385 e. The van der Waals surface area contributed by atoms with Crippen LogP contribution in [0.4, 0.5) is 0 Å². The zero-order valence-corrected chi connectivity index (χ0v) is 11.8. The molecular weight excluding hydrogens is 232 g/mol. The maximum atomic E-state index is 4.99. The second-order valence-corrected chi connectivity index (χ2v) is 5.18. The summed E-state index contributed by atoms with van der Waals surface area (Å²) in [5, 5.41) is 4.52.